The van der Waals surface area contributed by atoms with Crippen LogP contribution >= 0.6 is 7.75 Å². The van der Waals surface area contributed by atoms with Gasteiger partial charge in [0.05, 0.1) is 30.9 Å². The van der Waals surface area contributed by atoms with Gasteiger partial charge in [0, 0.05) is 6.20 Å². The summed E-state index contributed by atoms with van der Waals surface area (Å²) in [6.07, 6.45) is -2.37. The van der Waals surface area contributed by atoms with E-state index in [0.717, 1.165) is 30.9 Å². The fourth-order valence-corrected chi connectivity index (χ4v) is 6.70. The summed E-state index contributed by atoms with van der Waals surface area (Å²) in [4.78, 5) is 43.9. The average molecular weight is 639 g/mol. The van der Waals surface area contributed by atoms with Crippen LogP contribution in [-0.2, 0) is 34.6 Å². The zero-order chi connectivity index (χ0) is 32.2. The highest BCUT2D eigenvalue weighted by atomic mass is 31.2. The van der Waals surface area contributed by atoms with Crippen LogP contribution in [0.5, 0.6) is 5.75 Å². The Bertz CT molecular complexity index is 1420. The average Bonchev–Trinajstić information content (AvgIpc) is 3.48. The molecule has 0 amide bonds. The van der Waals surface area contributed by atoms with E-state index in [2.05, 4.69) is 10.1 Å². The largest absolute Gasteiger partial charge is 0.462 e. The molecule has 2 fully saturated rings. The van der Waals surface area contributed by atoms with Gasteiger partial charge in [-0.1, -0.05) is 18.2 Å². The molecule has 2 aliphatic rings. The first-order chi connectivity index (χ1) is 20.7. The number of carbonyl (C=O) groups is 2. The zero-order valence-electron chi connectivity index (χ0n) is 25.4. The third kappa shape index (κ3) is 7.98. The number of nitrogens with zero attached hydrogens (tertiary/aromatic N) is 3. The van der Waals surface area contributed by atoms with E-state index in [9.17, 15) is 24.1 Å². The van der Waals surface area contributed by atoms with E-state index in [1.807, 2.05) is 11.9 Å². The molecule has 7 atom stereocenters. The molecule has 1 aromatic heterocycles. The normalized spacial score (nSPS) is 27.6. The van der Waals surface area contributed by atoms with Crippen LogP contribution in [0.2, 0.25) is 0 Å². The molecule has 242 valence electrons. The number of esters is 1. The van der Waals surface area contributed by atoms with Gasteiger partial charge in [-0.2, -0.15) is 10.1 Å². The molecule has 13 nitrogen and oxygen atoms in total. The number of likely N-dealkylation sites (tertiary alicyclic amines) is 1. The SMILES string of the molecule is CC(C)OC(=O)[C@H](C)N[P@](=O)(OC[C@H]1O[C@@H](n2ccc(CC(=O)[C@@H]3CCCN3C)nc2=O)[C@](C)(F)[C@@H]1O)Oc1ccccc1. The second-order valence-corrected chi connectivity index (χ2v) is 13.2. The molecule has 0 unspecified atom stereocenters. The number of benzene rings is 1. The quantitative estimate of drug-likeness (QED) is 0.244. The lowest BCUT2D eigenvalue weighted by molar-refractivity contribution is -0.149. The second-order valence-electron chi connectivity index (χ2n) is 11.5. The number of likely N-dealkylation sites (N-methyl/N-ethyl adjacent to an activating group) is 1. The van der Waals surface area contributed by atoms with Gasteiger partial charge in [0.25, 0.3) is 0 Å². The topological polar surface area (TPSA) is 159 Å². The van der Waals surface area contributed by atoms with Crippen molar-refractivity contribution in [2.75, 3.05) is 20.2 Å². The Morgan fingerprint density at radius 2 is 1.95 bits per heavy atom. The maximum absolute atomic E-state index is 15.9. The number of hydrogen-bond acceptors (Lipinski definition) is 11. The summed E-state index contributed by atoms with van der Waals surface area (Å²) in [7, 11) is -2.46. The molecule has 0 spiro atoms. The number of nitrogens with one attached hydrogen (secondary N) is 1. The van der Waals surface area contributed by atoms with Gasteiger partial charge in [0.2, 0.25) is 0 Å². The Hall–Kier alpha value is -3.00. The number of hydrogen-bond donors (Lipinski definition) is 2. The molecule has 0 aliphatic carbocycles. The van der Waals surface area contributed by atoms with E-state index in [-0.39, 0.29) is 29.7 Å². The molecule has 44 heavy (non-hydrogen) atoms. The monoisotopic (exact) mass is 638 g/mol. The van der Waals surface area contributed by atoms with Gasteiger partial charge in [0.15, 0.2) is 17.7 Å². The molecule has 1 aromatic carbocycles. The predicted molar refractivity (Wildman–Crippen MR) is 157 cm³/mol. The van der Waals surface area contributed by atoms with E-state index >= 15 is 4.39 Å². The molecule has 3 heterocycles. The standard InChI is InChI=1S/C29H40FN4O9P/c1-18(2)41-26(37)19(3)32-44(39,43-21-10-7-6-8-11-21)40-17-24-25(36)29(4,30)27(42-24)34-15-13-20(31-28(34)38)16-23(35)22-12-9-14-33(22)5/h6-8,10-11,13,15,18-19,22,24-25,27,36H,9,12,14,16-17H2,1-5H3,(H,32,39)/t19-,22-,24+,25+,27+,29+,44-/m0/s1. The number of aliphatic hydroxyl groups excluding tert-OH is 1. The van der Waals surface area contributed by atoms with E-state index in [0.29, 0.717) is 0 Å². The Morgan fingerprint density at radius 3 is 2.57 bits per heavy atom. The minimum atomic E-state index is -4.33. The summed E-state index contributed by atoms with van der Waals surface area (Å²) >= 11 is 0. The van der Waals surface area contributed by atoms with Crippen molar-refractivity contribution in [3.05, 3.63) is 58.8 Å². The first kappa shape index (κ1) is 33.9. The highest BCUT2D eigenvalue weighted by molar-refractivity contribution is 7.52. The van der Waals surface area contributed by atoms with Crippen molar-refractivity contribution in [1.29, 1.82) is 0 Å². The van der Waals surface area contributed by atoms with Crippen LogP contribution in [0.1, 0.15) is 52.5 Å². The minimum Gasteiger partial charge on any atom is -0.462 e. The molecule has 0 saturated carbocycles. The number of rotatable bonds is 13. The van der Waals surface area contributed by atoms with E-state index < -0.39 is 62.3 Å². The molecule has 2 aromatic rings. The van der Waals surface area contributed by atoms with Crippen LogP contribution in [0, 0.1) is 0 Å². The number of halogens is 1. The third-order valence-electron chi connectivity index (χ3n) is 7.54. The van der Waals surface area contributed by atoms with Crippen molar-refractivity contribution < 1.29 is 42.2 Å². The number of carbonyl (C=O) groups excluding carboxylic acids is 2. The second kappa shape index (κ2) is 14.0. The maximum atomic E-state index is 15.9. The number of ketones is 1. The Labute approximate surface area is 255 Å². The number of alkyl halides is 1. The van der Waals surface area contributed by atoms with Gasteiger partial charge in [0.1, 0.15) is 24.0 Å². The minimum absolute atomic E-state index is 0.0462. The summed E-state index contributed by atoms with van der Waals surface area (Å²) in [5, 5.41) is 13.3. The smallest absolute Gasteiger partial charge is 0.459 e. The Kier molecular flexibility index (Phi) is 10.8. The number of aliphatic hydroxyl groups is 1. The van der Waals surface area contributed by atoms with Crippen molar-refractivity contribution in [1.82, 2.24) is 19.5 Å². The Balaban J connectivity index is 1.47. The van der Waals surface area contributed by atoms with Gasteiger partial charge < -0.3 is 19.1 Å². The van der Waals surface area contributed by atoms with E-state index in [1.165, 1.54) is 31.3 Å². The summed E-state index contributed by atoms with van der Waals surface area (Å²) in [5.41, 5.74) is -3.11. The van der Waals surface area contributed by atoms with Crippen molar-refractivity contribution >= 4 is 19.5 Å². The van der Waals surface area contributed by atoms with E-state index in [1.54, 1.807) is 32.0 Å². The van der Waals surface area contributed by atoms with Gasteiger partial charge in [-0.3, -0.25) is 23.6 Å². The van der Waals surface area contributed by atoms with Crippen LogP contribution in [0.15, 0.2) is 47.4 Å². The van der Waals surface area contributed by atoms with Gasteiger partial charge >= 0.3 is 19.4 Å². The maximum Gasteiger partial charge on any atom is 0.459 e. The Morgan fingerprint density at radius 1 is 1.25 bits per heavy atom. The number of Topliss-reactive ketones (excluding diaryl/α,β-unsaturated/α-hetero) is 1. The van der Waals surface area contributed by atoms with Gasteiger partial charge in [-0.15, -0.1) is 0 Å². The van der Waals surface area contributed by atoms with Gasteiger partial charge in [-0.05, 0) is 72.3 Å². The first-order valence-corrected chi connectivity index (χ1v) is 16.1. The van der Waals surface area contributed by atoms with Crippen LogP contribution in [0.3, 0.4) is 0 Å². The van der Waals surface area contributed by atoms with Crippen molar-refractivity contribution in [2.45, 2.75) is 89.2 Å². The highest BCUT2D eigenvalue weighted by Crippen LogP contribution is 2.47. The molecule has 2 saturated heterocycles. The van der Waals surface area contributed by atoms with Crippen molar-refractivity contribution in [2.24, 2.45) is 0 Å². The molecule has 4 rings (SSSR count). The molecule has 0 bridgehead atoms. The lowest BCUT2D eigenvalue weighted by Crippen LogP contribution is -2.43. The molecule has 15 heteroatoms. The lowest BCUT2D eigenvalue weighted by Gasteiger charge is -2.25. The molecule has 0 radical (unpaired) electrons. The highest BCUT2D eigenvalue weighted by Gasteiger charge is 2.56. The predicted octanol–water partition coefficient (Wildman–Crippen LogP) is 2.57. The summed E-state index contributed by atoms with van der Waals surface area (Å²) < 4.78 is 52.6. The fraction of sp³-hybridized carbons (Fsp3) is 0.586. The van der Waals surface area contributed by atoms with Gasteiger partial charge in [-0.25, -0.2) is 13.8 Å². The number of para-hydroxylation sites is 1. The van der Waals surface area contributed by atoms with Crippen LogP contribution < -0.4 is 15.3 Å². The van der Waals surface area contributed by atoms with Crippen LogP contribution in [0.4, 0.5) is 4.39 Å². The lowest BCUT2D eigenvalue weighted by atomic mass is 9.98. The molecule has 2 N–H and O–H groups in total. The number of ether oxygens (including phenoxy) is 2. The number of aromatic nitrogens is 2. The van der Waals surface area contributed by atoms with Crippen molar-refractivity contribution in [3.8, 4) is 5.75 Å². The first-order valence-electron chi connectivity index (χ1n) is 14.5. The molecular weight excluding hydrogens is 598 g/mol. The van der Waals surface area contributed by atoms with E-state index in [4.69, 9.17) is 18.5 Å². The van der Waals surface area contributed by atoms with Crippen LogP contribution in [0.25, 0.3) is 0 Å². The summed E-state index contributed by atoms with van der Waals surface area (Å²) in [5.74, 6) is -0.608. The summed E-state index contributed by atoms with van der Waals surface area (Å²) in [6, 6.07) is 8.12. The fourth-order valence-electron chi connectivity index (χ4n) is 5.19. The summed E-state index contributed by atoms with van der Waals surface area (Å²) in [6.45, 7) is 5.98. The third-order valence-corrected chi connectivity index (χ3v) is 9.18. The molecule has 2 aliphatic heterocycles. The molecular formula is C29H40FN4O9P. The zero-order valence-corrected chi connectivity index (χ0v) is 26.3. The van der Waals surface area contributed by atoms with Crippen molar-refractivity contribution in [3.63, 3.8) is 0 Å². The van der Waals surface area contributed by atoms with Crippen LogP contribution in [-0.4, -0.2) is 87.6 Å².